The van der Waals surface area contributed by atoms with E-state index in [0.717, 1.165) is 24.1 Å². The van der Waals surface area contributed by atoms with Crippen molar-refractivity contribution in [1.29, 1.82) is 0 Å². The van der Waals surface area contributed by atoms with Crippen molar-refractivity contribution in [2.45, 2.75) is 39.2 Å². The van der Waals surface area contributed by atoms with E-state index in [0.29, 0.717) is 37.1 Å². The summed E-state index contributed by atoms with van der Waals surface area (Å²) < 4.78 is 32.7. The summed E-state index contributed by atoms with van der Waals surface area (Å²) in [6.45, 7) is 7.55. The van der Waals surface area contributed by atoms with Gasteiger partial charge in [0.2, 0.25) is 10.0 Å². The van der Waals surface area contributed by atoms with Gasteiger partial charge in [0.05, 0.1) is 24.3 Å². The molecule has 7 nitrogen and oxygen atoms in total. The lowest BCUT2D eigenvalue weighted by atomic mass is 9.88. The van der Waals surface area contributed by atoms with E-state index in [-0.39, 0.29) is 23.2 Å². The van der Waals surface area contributed by atoms with Crippen LogP contribution in [0.2, 0.25) is 0 Å². The third-order valence-electron chi connectivity index (χ3n) is 6.05. The van der Waals surface area contributed by atoms with E-state index in [2.05, 4.69) is 25.7 Å². The first-order valence-corrected chi connectivity index (χ1v) is 11.9. The number of fused-ring (bicyclic) bond motifs is 1. The maximum atomic E-state index is 13.2. The molecule has 2 aliphatic heterocycles. The maximum absolute atomic E-state index is 13.2. The second-order valence-corrected chi connectivity index (χ2v) is 10.4. The van der Waals surface area contributed by atoms with Gasteiger partial charge in [-0.2, -0.15) is 0 Å². The number of anilines is 1. The zero-order valence-corrected chi connectivity index (χ0v) is 18.9. The third kappa shape index (κ3) is 4.30. The Balaban J connectivity index is 1.89. The zero-order valence-electron chi connectivity index (χ0n) is 18.1. The Morgan fingerprint density at radius 1 is 1.27 bits per heavy atom. The zero-order chi connectivity index (χ0) is 22.1. The molecule has 0 aliphatic carbocycles. The highest BCUT2D eigenvalue weighted by Crippen LogP contribution is 2.40. The number of nitrogens with zero attached hydrogens (tertiary/aromatic N) is 2. The van der Waals surface area contributed by atoms with E-state index >= 15 is 0 Å². The lowest BCUT2D eigenvalue weighted by Gasteiger charge is -2.43. The van der Waals surface area contributed by atoms with Gasteiger partial charge in [-0.05, 0) is 57.4 Å². The largest absolute Gasteiger partial charge is 0.469 e. The van der Waals surface area contributed by atoms with Gasteiger partial charge in [-0.25, -0.2) is 12.7 Å². The predicted octanol–water partition coefficient (Wildman–Crippen LogP) is 2.72. The number of hydrogen-bond acceptors (Lipinski definition) is 6. The van der Waals surface area contributed by atoms with E-state index in [1.54, 1.807) is 12.1 Å². The second kappa shape index (κ2) is 8.51. The molecule has 0 saturated carbocycles. The van der Waals surface area contributed by atoms with E-state index in [1.807, 2.05) is 12.1 Å². The molecule has 1 aromatic carbocycles. The minimum Gasteiger partial charge on any atom is -0.469 e. The summed E-state index contributed by atoms with van der Waals surface area (Å²) >= 11 is 0. The summed E-state index contributed by atoms with van der Waals surface area (Å²) in [6, 6.07) is 5.43. The van der Waals surface area contributed by atoms with E-state index < -0.39 is 10.0 Å². The van der Waals surface area contributed by atoms with Gasteiger partial charge < -0.3 is 9.64 Å². The van der Waals surface area contributed by atoms with Crippen LogP contribution in [0.5, 0.6) is 0 Å². The maximum Gasteiger partial charge on any atom is 0.308 e. The molecule has 0 spiro atoms. The van der Waals surface area contributed by atoms with Gasteiger partial charge in [-0.1, -0.05) is 6.08 Å². The Labute approximate surface area is 178 Å². The summed E-state index contributed by atoms with van der Waals surface area (Å²) in [4.78, 5) is 25.3. The molecule has 0 atom stereocenters. The van der Waals surface area contributed by atoms with Gasteiger partial charge in [-0.3, -0.25) is 9.59 Å². The van der Waals surface area contributed by atoms with Crippen LogP contribution >= 0.6 is 0 Å². The Hall–Kier alpha value is -2.19. The summed E-state index contributed by atoms with van der Waals surface area (Å²) in [7, 11) is -2.21. The number of benzene rings is 1. The smallest absolute Gasteiger partial charge is 0.308 e. The van der Waals surface area contributed by atoms with E-state index in [1.165, 1.54) is 11.4 Å². The monoisotopic (exact) mass is 434 g/mol. The van der Waals surface area contributed by atoms with Crippen molar-refractivity contribution in [3.63, 3.8) is 0 Å². The van der Waals surface area contributed by atoms with Crippen molar-refractivity contribution in [1.82, 2.24) is 4.31 Å². The Bertz CT molecular complexity index is 960. The molecule has 0 aromatic heterocycles. The molecule has 0 radical (unpaired) electrons. The number of carbonyl (C=O) groups excluding carboxylic acids is 2. The van der Waals surface area contributed by atoms with Crippen LogP contribution in [0.25, 0.3) is 5.57 Å². The summed E-state index contributed by atoms with van der Waals surface area (Å²) in [5.41, 5.74) is 2.59. The summed E-state index contributed by atoms with van der Waals surface area (Å²) in [6.07, 6.45) is 3.70. The van der Waals surface area contributed by atoms with Crippen LogP contribution in [0, 0.1) is 5.92 Å². The number of ether oxygens (including phenoxy) is 1. The summed E-state index contributed by atoms with van der Waals surface area (Å²) in [5, 5.41) is 0. The third-order valence-corrected chi connectivity index (χ3v) is 7.88. The minimum absolute atomic E-state index is 0.133. The number of piperidine rings is 1. The highest BCUT2D eigenvalue weighted by atomic mass is 32.2. The number of rotatable bonds is 6. The molecule has 0 amide bonds. The first-order chi connectivity index (χ1) is 14.1. The molecule has 0 unspecified atom stereocenters. The molecule has 1 aromatic rings. The van der Waals surface area contributed by atoms with Gasteiger partial charge in [0, 0.05) is 36.4 Å². The Kier molecular flexibility index (Phi) is 6.38. The van der Waals surface area contributed by atoms with Gasteiger partial charge in [0.25, 0.3) is 0 Å². The number of carbonyl (C=O) groups is 2. The lowest BCUT2D eigenvalue weighted by molar-refractivity contribution is -0.146. The molecular weight excluding hydrogens is 404 g/mol. The number of hydrogen-bond donors (Lipinski definition) is 0. The molecule has 0 N–H and O–H groups in total. The standard InChI is InChI=1S/C22H30N2O5S/c1-5-24-20-7-6-16(14-25)12-19(20)18(13-22(24,2)3)15-30(27,28)23-10-8-17(9-11-23)21(26)29-4/h6-7,12-14,17H,5,8-11,15H2,1-4H3. The van der Waals surface area contributed by atoms with Gasteiger partial charge >= 0.3 is 5.97 Å². The summed E-state index contributed by atoms with van der Waals surface area (Å²) in [5.74, 6) is -0.659. The molecule has 2 aliphatic rings. The van der Waals surface area contributed by atoms with Crippen LogP contribution in [0.1, 0.15) is 49.5 Å². The van der Waals surface area contributed by atoms with Crippen LogP contribution in [-0.4, -0.2) is 63.0 Å². The molecule has 30 heavy (non-hydrogen) atoms. The minimum atomic E-state index is -3.57. The lowest BCUT2D eigenvalue weighted by Crippen LogP contribution is -2.46. The van der Waals surface area contributed by atoms with Gasteiger partial charge in [0.1, 0.15) is 6.29 Å². The second-order valence-electron chi connectivity index (χ2n) is 8.41. The van der Waals surface area contributed by atoms with Crippen LogP contribution in [0.15, 0.2) is 24.3 Å². The predicted molar refractivity (Wildman–Crippen MR) is 117 cm³/mol. The van der Waals surface area contributed by atoms with Crippen molar-refractivity contribution in [3.05, 3.63) is 35.4 Å². The average Bonchev–Trinajstić information content (AvgIpc) is 2.72. The fourth-order valence-electron chi connectivity index (χ4n) is 4.53. The SMILES string of the molecule is CCN1c2ccc(C=O)cc2C(CS(=O)(=O)N2CCC(C(=O)OC)CC2)=CC1(C)C. The van der Waals surface area contributed by atoms with Crippen LogP contribution in [-0.2, 0) is 19.6 Å². The van der Waals surface area contributed by atoms with Crippen molar-refractivity contribution in [2.75, 3.05) is 37.4 Å². The Morgan fingerprint density at radius 2 is 1.93 bits per heavy atom. The Morgan fingerprint density at radius 3 is 2.50 bits per heavy atom. The van der Waals surface area contributed by atoms with E-state index in [9.17, 15) is 18.0 Å². The molecule has 1 saturated heterocycles. The van der Waals surface area contributed by atoms with Crippen molar-refractivity contribution in [2.24, 2.45) is 5.92 Å². The van der Waals surface area contributed by atoms with Crippen LogP contribution < -0.4 is 4.90 Å². The van der Waals surface area contributed by atoms with Crippen LogP contribution in [0.3, 0.4) is 0 Å². The topological polar surface area (TPSA) is 84.0 Å². The van der Waals surface area contributed by atoms with Crippen molar-refractivity contribution >= 4 is 33.5 Å². The molecule has 3 rings (SSSR count). The van der Waals surface area contributed by atoms with Gasteiger partial charge in [0.15, 0.2) is 0 Å². The highest BCUT2D eigenvalue weighted by Gasteiger charge is 2.36. The number of likely N-dealkylation sites (N-methyl/N-ethyl adjacent to an activating group) is 1. The molecule has 8 heteroatoms. The van der Waals surface area contributed by atoms with E-state index in [4.69, 9.17) is 4.74 Å². The molecule has 164 valence electrons. The van der Waals surface area contributed by atoms with Crippen LogP contribution in [0.4, 0.5) is 5.69 Å². The first kappa shape index (κ1) is 22.5. The number of methoxy groups -OCH3 is 1. The van der Waals surface area contributed by atoms with Gasteiger partial charge in [-0.15, -0.1) is 0 Å². The molecule has 0 bridgehead atoms. The fraction of sp³-hybridized carbons (Fsp3) is 0.545. The fourth-order valence-corrected chi connectivity index (χ4v) is 6.12. The number of aldehydes is 1. The average molecular weight is 435 g/mol. The molecular formula is C22H30N2O5S. The number of esters is 1. The molecule has 2 heterocycles. The first-order valence-electron chi connectivity index (χ1n) is 10.3. The molecule has 1 fully saturated rings. The highest BCUT2D eigenvalue weighted by molar-refractivity contribution is 7.89. The van der Waals surface area contributed by atoms with Crippen molar-refractivity contribution in [3.8, 4) is 0 Å². The van der Waals surface area contributed by atoms with Crippen molar-refractivity contribution < 1.29 is 22.7 Å². The number of sulfonamides is 1. The quantitative estimate of drug-likeness (QED) is 0.506. The normalized spacial score (nSPS) is 19.7.